The molecule has 0 spiro atoms. The standard InChI is InChI=1S/C47H93NO4/c1-3-5-7-9-11-13-15-17-18-19-20-21-22-23-24-25-26-27-29-30-32-34-36-38-40-44(50)42-47(52)48-45(43-49)46(51)41-39-37-35-33-31-28-16-14-12-10-8-6-4-2/h39,41,44-46,49-51H,3-38,40,42-43H2,1-2H3,(H,48,52)/b41-39+/t44-,45+,46-/m1/s1. The minimum absolute atomic E-state index is 0.0189. The van der Waals surface area contributed by atoms with Gasteiger partial charge in [0.1, 0.15) is 0 Å². The third-order valence-corrected chi connectivity index (χ3v) is 11.1. The van der Waals surface area contributed by atoms with Crippen LogP contribution in [0.25, 0.3) is 0 Å². The van der Waals surface area contributed by atoms with Crippen molar-refractivity contribution in [3.05, 3.63) is 12.2 Å². The Morgan fingerprint density at radius 2 is 0.788 bits per heavy atom. The predicted octanol–water partition coefficient (Wildman–Crippen LogP) is 13.6. The van der Waals surface area contributed by atoms with E-state index in [0.717, 1.165) is 25.7 Å². The Labute approximate surface area is 325 Å². The fourth-order valence-corrected chi connectivity index (χ4v) is 7.46. The molecule has 0 aliphatic heterocycles. The van der Waals surface area contributed by atoms with E-state index in [1.165, 1.54) is 205 Å². The number of hydrogen-bond acceptors (Lipinski definition) is 4. The first-order valence-electron chi connectivity index (χ1n) is 23.5. The molecule has 310 valence electrons. The van der Waals surface area contributed by atoms with Crippen molar-refractivity contribution >= 4 is 5.91 Å². The lowest BCUT2D eigenvalue weighted by atomic mass is 10.0. The van der Waals surface area contributed by atoms with E-state index in [0.29, 0.717) is 6.42 Å². The van der Waals surface area contributed by atoms with Crippen molar-refractivity contribution < 1.29 is 20.1 Å². The van der Waals surface area contributed by atoms with Crippen molar-refractivity contribution in [2.24, 2.45) is 0 Å². The summed E-state index contributed by atoms with van der Waals surface area (Å²) in [4.78, 5) is 12.4. The van der Waals surface area contributed by atoms with Gasteiger partial charge in [0.15, 0.2) is 0 Å². The minimum Gasteiger partial charge on any atom is -0.394 e. The summed E-state index contributed by atoms with van der Waals surface area (Å²) in [6.07, 6.45) is 50.8. The summed E-state index contributed by atoms with van der Waals surface area (Å²) in [5, 5.41) is 33.2. The Bertz CT molecular complexity index is 728. The van der Waals surface area contributed by atoms with Gasteiger partial charge >= 0.3 is 0 Å². The van der Waals surface area contributed by atoms with Crippen molar-refractivity contribution in [3.63, 3.8) is 0 Å². The molecule has 0 rings (SSSR count). The zero-order valence-electron chi connectivity index (χ0n) is 35.2. The first-order chi connectivity index (χ1) is 25.5. The Balaban J connectivity index is 3.55. The van der Waals surface area contributed by atoms with Crippen molar-refractivity contribution in [2.75, 3.05) is 6.61 Å². The number of amides is 1. The van der Waals surface area contributed by atoms with Crippen LogP contribution in [0.3, 0.4) is 0 Å². The first kappa shape index (κ1) is 51.1. The minimum atomic E-state index is -0.923. The molecule has 0 fully saturated rings. The van der Waals surface area contributed by atoms with Gasteiger partial charge in [0.05, 0.1) is 31.3 Å². The molecule has 0 bridgehead atoms. The van der Waals surface area contributed by atoms with Gasteiger partial charge in [0, 0.05) is 0 Å². The van der Waals surface area contributed by atoms with Gasteiger partial charge < -0.3 is 20.6 Å². The smallest absolute Gasteiger partial charge is 0.222 e. The largest absolute Gasteiger partial charge is 0.394 e. The van der Waals surface area contributed by atoms with Crippen LogP contribution >= 0.6 is 0 Å². The van der Waals surface area contributed by atoms with Crippen LogP contribution in [0.1, 0.15) is 258 Å². The molecule has 0 saturated carbocycles. The Kier molecular flexibility index (Phi) is 42.1. The van der Waals surface area contributed by atoms with Gasteiger partial charge in [-0.15, -0.1) is 0 Å². The zero-order valence-corrected chi connectivity index (χ0v) is 35.2. The lowest BCUT2D eigenvalue weighted by Crippen LogP contribution is -2.45. The molecule has 0 aromatic heterocycles. The monoisotopic (exact) mass is 736 g/mol. The molecular formula is C47H93NO4. The predicted molar refractivity (Wildman–Crippen MR) is 227 cm³/mol. The Hall–Kier alpha value is -0.910. The lowest BCUT2D eigenvalue weighted by molar-refractivity contribution is -0.124. The molecule has 0 saturated heterocycles. The van der Waals surface area contributed by atoms with Crippen molar-refractivity contribution in [1.29, 1.82) is 0 Å². The van der Waals surface area contributed by atoms with E-state index in [1.807, 2.05) is 6.08 Å². The van der Waals surface area contributed by atoms with Gasteiger partial charge in [0.2, 0.25) is 5.91 Å². The summed E-state index contributed by atoms with van der Waals surface area (Å²) < 4.78 is 0. The molecule has 1 amide bonds. The van der Waals surface area contributed by atoms with Crippen molar-refractivity contribution in [2.45, 2.75) is 276 Å². The molecular weight excluding hydrogens is 643 g/mol. The summed E-state index contributed by atoms with van der Waals surface area (Å²) in [6.45, 7) is 4.23. The van der Waals surface area contributed by atoms with Crippen molar-refractivity contribution in [1.82, 2.24) is 5.32 Å². The summed E-state index contributed by atoms with van der Waals surface area (Å²) in [5.74, 6) is -0.311. The third-order valence-electron chi connectivity index (χ3n) is 11.1. The first-order valence-corrected chi connectivity index (χ1v) is 23.5. The van der Waals surface area contributed by atoms with Gasteiger partial charge in [-0.2, -0.15) is 0 Å². The molecule has 0 unspecified atom stereocenters. The van der Waals surface area contributed by atoms with E-state index in [2.05, 4.69) is 19.2 Å². The van der Waals surface area contributed by atoms with Gasteiger partial charge in [-0.25, -0.2) is 0 Å². The maximum absolute atomic E-state index is 12.4. The lowest BCUT2D eigenvalue weighted by Gasteiger charge is -2.21. The molecule has 5 nitrogen and oxygen atoms in total. The maximum atomic E-state index is 12.4. The molecule has 5 heteroatoms. The summed E-state index contributed by atoms with van der Waals surface area (Å²) >= 11 is 0. The van der Waals surface area contributed by atoms with Crippen LogP contribution in [0.4, 0.5) is 0 Å². The number of unbranched alkanes of at least 4 members (excludes halogenated alkanes) is 34. The second kappa shape index (κ2) is 42.8. The van der Waals surface area contributed by atoms with Gasteiger partial charge in [0.25, 0.3) is 0 Å². The topological polar surface area (TPSA) is 89.8 Å². The second-order valence-corrected chi connectivity index (χ2v) is 16.4. The van der Waals surface area contributed by atoms with E-state index in [4.69, 9.17) is 0 Å². The van der Waals surface area contributed by atoms with Crippen LogP contribution in [0.2, 0.25) is 0 Å². The van der Waals surface area contributed by atoms with Crippen LogP contribution in [0, 0.1) is 0 Å². The number of rotatable bonds is 43. The van der Waals surface area contributed by atoms with E-state index in [9.17, 15) is 20.1 Å². The highest BCUT2D eigenvalue weighted by molar-refractivity contribution is 5.76. The fourth-order valence-electron chi connectivity index (χ4n) is 7.46. The second-order valence-electron chi connectivity index (χ2n) is 16.4. The van der Waals surface area contributed by atoms with Crippen molar-refractivity contribution in [3.8, 4) is 0 Å². The molecule has 52 heavy (non-hydrogen) atoms. The zero-order chi connectivity index (χ0) is 38.0. The number of carbonyl (C=O) groups excluding carboxylic acids is 1. The number of carbonyl (C=O) groups is 1. The summed E-state index contributed by atoms with van der Waals surface area (Å²) in [6, 6.07) is -0.739. The highest BCUT2D eigenvalue weighted by Gasteiger charge is 2.20. The quantitative estimate of drug-likeness (QED) is 0.0371. The van der Waals surface area contributed by atoms with E-state index >= 15 is 0 Å². The molecule has 0 radical (unpaired) electrons. The highest BCUT2D eigenvalue weighted by atomic mass is 16.3. The number of aliphatic hydroxyl groups excluding tert-OH is 3. The molecule has 3 atom stereocenters. The Morgan fingerprint density at radius 1 is 0.481 bits per heavy atom. The SMILES string of the molecule is CCCCCCCCCCCCC/C=C/[C@@H](O)[C@H](CO)NC(=O)C[C@H](O)CCCCCCCCCCCCCCCCCCCCCCCCCC. The fraction of sp³-hybridized carbons (Fsp3) is 0.936. The van der Waals surface area contributed by atoms with Gasteiger partial charge in [-0.05, 0) is 19.3 Å². The molecule has 0 aromatic rings. The average Bonchev–Trinajstić information content (AvgIpc) is 3.14. The molecule has 0 aromatic carbocycles. The number of aliphatic hydroxyl groups is 3. The van der Waals surface area contributed by atoms with Crippen LogP contribution < -0.4 is 5.32 Å². The van der Waals surface area contributed by atoms with Gasteiger partial charge in [-0.1, -0.05) is 244 Å². The summed E-state index contributed by atoms with van der Waals surface area (Å²) in [7, 11) is 0. The maximum Gasteiger partial charge on any atom is 0.222 e. The number of hydrogen-bond donors (Lipinski definition) is 4. The number of nitrogens with one attached hydrogen (secondary N) is 1. The molecule has 0 heterocycles. The van der Waals surface area contributed by atoms with Crippen LogP contribution in [0.5, 0.6) is 0 Å². The van der Waals surface area contributed by atoms with E-state index in [1.54, 1.807) is 6.08 Å². The van der Waals surface area contributed by atoms with Crippen LogP contribution in [0.15, 0.2) is 12.2 Å². The molecule has 4 N–H and O–H groups in total. The van der Waals surface area contributed by atoms with E-state index < -0.39 is 18.2 Å². The van der Waals surface area contributed by atoms with Gasteiger partial charge in [-0.3, -0.25) is 4.79 Å². The molecule has 0 aliphatic rings. The van der Waals surface area contributed by atoms with Crippen LogP contribution in [-0.2, 0) is 4.79 Å². The highest BCUT2D eigenvalue weighted by Crippen LogP contribution is 2.17. The molecule has 0 aliphatic carbocycles. The van der Waals surface area contributed by atoms with E-state index in [-0.39, 0.29) is 18.9 Å². The van der Waals surface area contributed by atoms with Crippen LogP contribution in [-0.4, -0.2) is 46.1 Å². The normalized spacial score (nSPS) is 13.6. The Morgan fingerprint density at radius 3 is 1.12 bits per heavy atom. The summed E-state index contributed by atoms with van der Waals surface area (Å²) in [5.41, 5.74) is 0. The number of allylic oxidation sites excluding steroid dienone is 1. The third kappa shape index (κ3) is 38.8. The average molecular weight is 736 g/mol.